The Morgan fingerprint density at radius 2 is 0.852 bits per heavy atom. The second kappa shape index (κ2) is 41.3. The van der Waals surface area contributed by atoms with Gasteiger partial charge in [0, 0.05) is 33.8 Å². The lowest BCUT2D eigenvalue weighted by Crippen LogP contribution is -2.42. The molecule has 0 radical (unpaired) electrons. The molecule has 128 heavy (non-hydrogen) atoms. The van der Waals surface area contributed by atoms with Crippen LogP contribution in [0.2, 0.25) is 19.6 Å². The number of thioether (sulfide) groups is 4. The lowest BCUT2D eigenvalue weighted by atomic mass is 9.86. The zero-order valence-corrected chi connectivity index (χ0v) is 80.0. The molecule has 2 fully saturated rings. The van der Waals surface area contributed by atoms with Gasteiger partial charge in [-0.1, -0.05) is 139 Å². The summed E-state index contributed by atoms with van der Waals surface area (Å²) in [5.41, 5.74) is 5.43. The topological polar surface area (TPSA) is 215 Å². The predicted molar refractivity (Wildman–Crippen MR) is 486 cm³/mol. The number of hydrogen-bond acceptors (Lipinski definition) is 19. The Hall–Kier alpha value is -8.88. The van der Waals surface area contributed by atoms with E-state index < -0.39 is 150 Å². The molecule has 8 atom stereocenters. The first-order valence-corrected chi connectivity index (χ1v) is 47.8. The molecule has 0 bridgehead atoms. The zero-order chi connectivity index (χ0) is 95.8. The molecule has 2 amide bonds. The number of fused-ring (bicyclic) bond motifs is 2. The molecule has 0 aromatic heterocycles. The molecule has 7 aromatic carbocycles. The Bertz CT molecular complexity index is 5320. The summed E-state index contributed by atoms with van der Waals surface area (Å²) in [4.78, 5) is 58.3. The number of alkyl halides is 8. The van der Waals surface area contributed by atoms with Gasteiger partial charge in [-0.05, 0) is 212 Å². The summed E-state index contributed by atoms with van der Waals surface area (Å²) in [5.74, 6) is -15.0. The molecule has 4 N–H and O–H groups in total. The molecule has 7 aromatic rings. The number of nitrogens with two attached hydrogens (primary N) is 2. The third kappa shape index (κ3) is 26.3. The van der Waals surface area contributed by atoms with Crippen molar-refractivity contribution < 1.29 is 104 Å². The van der Waals surface area contributed by atoms with E-state index in [0.29, 0.717) is 33.2 Å². The first kappa shape index (κ1) is 104. The van der Waals surface area contributed by atoms with Crippen molar-refractivity contribution >= 4 is 127 Å². The maximum absolute atomic E-state index is 14.9. The highest BCUT2D eigenvalue weighted by molar-refractivity contribution is 9.10. The maximum Gasteiger partial charge on any atom is 0.416 e. The molecule has 4 aliphatic heterocycles. The number of carbonyl (C=O) groups excluding carboxylic acids is 3. The number of nitrogens with zero attached hydrogens (tertiary/aromatic N) is 6. The minimum atomic E-state index is -3.18. The fourth-order valence-electron chi connectivity index (χ4n) is 13.0. The number of rotatable bonds is 15. The molecule has 0 spiro atoms. The van der Waals surface area contributed by atoms with Crippen molar-refractivity contribution in [1.29, 1.82) is 0 Å². The average molecular weight is 1980 g/mol. The van der Waals surface area contributed by atoms with Crippen LogP contribution in [0, 0.1) is 58.4 Å². The minimum Gasteiger partial charge on any atom is -0.497 e. The highest BCUT2D eigenvalue weighted by Gasteiger charge is 2.79. The summed E-state index contributed by atoms with van der Waals surface area (Å²) in [7, 11) is 2.47. The summed E-state index contributed by atoms with van der Waals surface area (Å²) < 4.78 is 223. The molecule has 2 aliphatic carbocycles. The van der Waals surface area contributed by atoms with Crippen molar-refractivity contribution in [1.82, 2.24) is 9.80 Å². The van der Waals surface area contributed by atoms with E-state index in [9.17, 15) is 75.8 Å². The van der Waals surface area contributed by atoms with E-state index in [1.165, 1.54) is 85.8 Å². The van der Waals surface area contributed by atoms with Crippen molar-refractivity contribution in [3.63, 3.8) is 0 Å². The molecule has 694 valence electrons. The molecular weight excluding hydrogens is 1870 g/mol. The van der Waals surface area contributed by atoms with Crippen LogP contribution in [0.25, 0.3) is 0 Å². The van der Waals surface area contributed by atoms with Gasteiger partial charge in [0.25, 0.3) is 16.3 Å². The van der Waals surface area contributed by atoms with Crippen LogP contribution in [0.15, 0.2) is 182 Å². The van der Waals surface area contributed by atoms with Gasteiger partial charge in [-0.2, -0.15) is 8.78 Å². The van der Waals surface area contributed by atoms with Gasteiger partial charge < -0.3 is 39.9 Å². The number of anilines is 1. The van der Waals surface area contributed by atoms with E-state index in [-0.39, 0.29) is 57.8 Å². The number of ether oxygens (including phenoxy) is 6. The van der Waals surface area contributed by atoms with Gasteiger partial charge in [0.2, 0.25) is 0 Å². The fraction of sp³-hybridized carbons (Fsp3) is 0.411. The molecule has 0 unspecified atom stereocenters. The van der Waals surface area contributed by atoms with Crippen molar-refractivity contribution in [2.45, 2.75) is 201 Å². The lowest BCUT2D eigenvalue weighted by Gasteiger charge is -2.34. The zero-order valence-electron chi connectivity index (χ0n) is 73.4. The van der Waals surface area contributed by atoms with Crippen LogP contribution in [-0.4, -0.2) is 122 Å². The summed E-state index contributed by atoms with van der Waals surface area (Å²) >= 11 is 11.9. The third-order valence-corrected chi connectivity index (χ3v) is 29.5. The number of benzene rings is 7. The van der Waals surface area contributed by atoms with E-state index in [4.69, 9.17) is 51.5 Å². The summed E-state index contributed by atoms with van der Waals surface area (Å²) in [6.45, 7) is 26.7. The van der Waals surface area contributed by atoms with Crippen molar-refractivity contribution in [3.8, 4) is 17.2 Å². The quantitative estimate of drug-likeness (QED) is 0.0244. The Morgan fingerprint density at radius 3 is 1.26 bits per heavy atom. The van der Waals surface area contributed by atoms with Gasteiger partial charge in [-0.25, -0.2) is 67.3 Å². The number of esters is 1. The first-order chi connectivity index (χ1) is 59.2. The van der Waals surface area contributed by atoms with Crippen molar-refractivity contribution in [2.75, 3.05) is 27.1 Å². The lowest BCUT2D eigenvalue weighted by molar-refractivity contribution is -0.153. The number of halogens is 16. The van der Waals surface area contributed by atoms with Crippen LogP contribution >= 0.6 is 74.6 Å². The molecule has 4 heterocycles. The van der Waals surface area contributed by atoms with Gasteiger partial charge in [0.05, 0.1) is 79.3 Å². The summed E-state index contributed by atoms with van der Waals surface area (Å²) in [6.07, 6.45) is 1.99. The van der Waals surface area contributed by atoms with Gasteiger partial charge in [0.1, 0.15) is 53.2 Å². The van der Waals surface area contributed by atoms with Gasteiger partial charge >= 0.3 is 18.2 Å². The number of amides is 2. The SMILES string of the molecule is CC(C)(C)OC(=O)CC1=N[C@](C)(c2cccc(F)c2F)C=CS1.COc1ccc(CCl)cc1.COc1ccc(CN(C(=O)OC(C)(C)C)C2=N[C@](C)(c3cccc(F)c3F)C=CS2)cc1.COc1ccc(CN(C(=O)OC(C)(C)C)C2=N[C@](C)(c3cccc(F)c3F)[C@H]3[C@@H](S2)C3(F)F)cc1.C[C@]1(c2cc(N)cc(F)c2F)N=C(N)S[C@@H]2[C@H]1C2(F)F.C[Si](C)(C)C(F)(F)Br. The predicted octanol–water partition coefficient (Wildman–Crippen LogP) is 24.9. The smallest absolute Gasteiger partial charge is 0.416 e. The van der Waals surface area contributed by atoms with Crippen LogP contribution in [-0.2, 0) is 60.1 Å². The molecule has 17 nitrogen and oxygen atoms in total. The summed E-state index contributed by atoms with van der Waals surface area (Å²) in [5, 5.41) is 1.87. The number of carbonyl (C=O) groups is 3. The molecular formula is C90H100BrClF14N8O9S4Si. The Kier molecular flexibility index (Phi) is 33.7. The second-order valence-corrected chi connectivity index (χ2v) is 45.8. The van der Waals surface area contributed by atoms with Gasteiger partial charge in [-0.15, -0.1) is 11.6 Å². The number of nitrogen functional groups attached to an aromatic ring is 1. The monoisotopic (exact) mass is 1970 g/mol. The van der Waals surface area contributed by atoms with Crippen molar-refractivity contribution in [3.05, 3.63) is 248 Å². The second-order valence-electron chi connectivity index (χ2n) is 34.5. The van der Waals surface area contributed by atoms with E-state index >= 15 is 0 Å². The molecule has 38 heteroatoms. The van der Waals surface area contributed by atoms with Gasteiger partial charge in [-0.3, -0.25) is 29.6 Å². The van der Waals surface area contributed by atoms with Crippen LogP contribution in [0.5, 0.6) is 17.2 Å². The number of amidine groups is 3. The first-order valence-electron chi connectivity index (χ1n) is 39.4. The number of methoxy groups -OCH3 is 3. The van der Waals surface area contributed by atoms with E-state index in [2.05, 4.69) is 35.9 Å². The Labute approximate surface area is 766 Å². The molecule has 0 saturated heterocycles. The van der Waals surface area contributed by atoms with Crippen LogP contribution in [0.1, 0.15) is 135 Å². The fourth-order valence-corrected chi connectivity index (χ4v) is 17.9. The Morgan fingerprint density at radius 1 is 0.484 bits per heavy atom. The van der Waals surface area contributed by atoms with Crippen LogP contribution in [0.4, 0.5) is 76.7 Å². The number of hydrogen-bond donors (Lipinski definition) is 2. The average Bonchev–Trinajstić information content (AvgIpc) is 1.52. The number of aliphatic imine (C=N–C) groups is 4. The molecule has 2 saturated carbocycles. The van der Waals surface area contributed by atoms with Gasteiger partial charge in [0.15, 0.2) is 62.0 Å². The van der Waals surface area contributed by atoms with E-state index in [1.807, 2.05) is 36.4 Å². The third-order valence-electron chi connectivity index (χ3n) is 19.8. The largest absolute Gasteiger partial charge is 0.497 e. The van der Waals surface area contributed by atoms with Crippen LogP contribution in [0.3, 0.4) is 0 Å². The summed E-state index contributed by atoms with van der Waals surface area (Å²) in [6, 6.07) is 35.2. The van der Waals surface area contributed by atoms with E-state index in [1.54, 1.807) is 169 Å². The standard InChI is InChI=1S/C25H26F4N2O3S.C24H26F2N2O3S.C17H19F2NO2S.C12H11F4N3S.C8H9ClO.C4H9BrF2Si/c1-23(2,3)34-22(32)31(13-14-9-11-15(33-5)12-10-14)21-30-24(4,19-20(35-21)25(19,28)29)16-7-6-8-17(26)18(16)27;1-23(2,3)31-22(29)28(15-16-9-11-17(30-5)12-10-16)21-27-24(4,13-14-32-21)18-7-6-8-19(25)20(18)26;1-16(2,3)22-14(21)10-13-20-17(4,8-9-23-13)11-6-5-7-12(18)15(11)19;1-11(5-2-4(17)3-6(13)7(5)14)8-9(12(8,15)16)20-10(18)19-11;1-10-8-4-2-7(6-9)3-5-8;1-8(2,3)4(5,6)7/h6-12,19-20H,13H2,1-5H3;6-14H,15H2,1-5H3;5-9H,10H2,1-4H3;2-3,8-9H,17H2,1H3,(H2,18,19);2-5H,6H2,1H3;1-3H3/t19-,20-,24-;24-;17-;8-,9-,11-;;/m1001../s1. The van der Waals surface area contributed by atoms with Crippen LogP contribution < -0.4 is 25.7 Å². The Balaban J connectivity index is 0.000000201. The highest BCUT2D eigenvalue weighted by atomic mass is 79.9. The van der Waals surface area contributed by atoms with Crippen molar-refractivity contribution in [2.24, 2.45) is 37.5 Å². The maximum atomic E-state index is 14.9. The minimum absolute atomic E-state index is 0.00119. The molecule has 13 rings (SSSR count). The van der Waals surface area contributed by atoms with E-state index in [0.717, 1.165) is 75.6 Å². The highest BCUT2D eigenvalue weighted by Crippen LogP contribution is 2.69. The normalized spacial score (nSPS) is 22.1. The molecule has 6 aliphatic rings.